The molecule has 0 aliphatic carbocycles. The fourth-order valence-electron chi connectivity index (χ4n) is 2.85. The Bertz CT molecular complexity index is 680. The van der Waals surface area contributed by atoms with Gasteiger partial charge in [-0.2, -0.15) is 5.10 Å². The second kappa shape index (κ2) is 6.29. The van der Waals surface area contributed by atoms with Gasteiger partial charge in [-0.1, -0.05) is 6.42 Å². The quantitative estimate of drug-likeness (QED) is 0.926. The molecule has 1 fully saturated rings. The van der Waals surface area contributed by atoms with Crippen LogP contribution in [-0.4, -0.2) is 50.2 Å². The van der Waals surface area contributed by atoms with Crippen molar-refractivity contribution in [3.63, 3.8) is 0 Å². The molecular formula is C15H22N6O. The van der Waals surface area contributed by atoms with Gasteiger partial charge in [0.2, 0.25) is 5.91 Å². The molecule has 2 aromatic rings. The summed E-state index contributed by atoms with van der Waals surface area (Å²) in [5.41, 5.74) is 0.820. The molecular weight excluding hydrogens is 280 g/mol. The first-order chi connectivity index (χ1) is 10.6. The molecule has 1 saturated heterocycles. The summed E-state index contributed by atoms with van der Waals surface area (Å²) in [6.07, 6.45) is 5.72. The van der Waals surface area contributed by atoms with E-state index >= 15 is 0 Å². The smallest absolute Gasteiger partial charge is 0.222 e. The number of rotatable bonds is 4. The third kappa shape index (κ3) is 3.03. The second-order valence-electron chi connectivity index (χ2n) is 5.74. The first kappa shape index (κ1) is 14.7. The largest absolute Gasteiger partial charge is 0.368 e. The van der Waals surface area contributed by atoms with Gasteiger partial charge in [0.25, 0.3) is 0 Å². The van der Waals surface area contributed by atoms with Crippen LogP contribution in [0.3, 0.4) is 0 Å². The summed E-state index contributed by atoms with van der Waals surface area (Å²) in [4.78, 5) is 22.8. The molecule has 3 heterocycles. The monoisotopic (exact) mass is 302 g/mol. The first-order valence-electron chi connectivity index (χ1n) is 7.83. The minimum Gasteiger partial charge on any atom is -0.368 e. The molecule has 0 radical (unpaired) electrons. The van der Waals surface area contributed by atoms with Crippen LogP contribution in [0, 0.1) is 6.92 Å². The van der Waals surface area contributed by atoms with Crippen LogP contribution in [0.25, 0.3) is 11.0 Å². The Morgan fingerprint density at radius 1 is 1.27 bits per heavy atom. The van der Waals surface area contributed by atoms with Gasteiger partial charge >= 0.3 is 0 Å². The summed E-state index contributed by atoms with van der Waals surface area (Å²) >= 11 is 0. The van der Waals surface area contributed by atoms with Gasteiger partial charge in [-0.25, -0.2) is 9.97 Å². The molecule has 2 aromatic heterocycles. The van der Waals surface area contributed by atoms with E-state index in [-0.39, 0.29) is 5.91 Å². The Morgan fingerprint density at radius 3 is 3.00 bits per heavy atom. The molecule has 7 heteroatoms. The van der Waals surface area contributed by atoms with Gasteiger partial charge in [-0.05, 0) is 19.8 Å². The van der Waals surface area contributed by atoms with Crippen LogP contribution in [-0.2, 0) is 11.8 Å². The highest BCUT2D eigenvalue weighted by Gasteiger charge is 2.16. The van der Waals surface area contributed by atoms with Crippen molar-refractivity contribution in [1.29, 1.82) is 0 Å². The maximum absolute atomic E-state index is 12.0. The molecule has 1 aliphatic heterocycles. The molecule has 0 spiro atoms. The minimum atomic E-state index is 0.268. The van der Waals surface area contributed by atoms with Gasteiger partial charge in [0.15, 0.2) is 5.65 Å². The van der Waals surface area contributed by atoms with Crippen LogP contribution in [0.4, 0.5) is 5.82 Å². The van der Waals surface area contributed by atoms with E-state index in [0.717, 1.165) is 42.7 Å². The van der Waals surface area contributed by atoms with Crippen molar-refractivity contribution in [2.75, 3.05) is 25.0 Å². The fraction of sp³-hybridized carbons (Fsp3) is 0.600. The van der Waals surface area contributed by atoms with Crippen LogP contribution < -0.4 is 5.32 Å². The number of amides is 1. The van der Waals surface area contributed by atoms with Crippen molar-refractivity contribution in [2.45, 2.75) is 32.6 Å². The zero-order valence-corrected chi connectivity index (χ0v) is 13.2. The van der Waals surface area contributed by atoms with Gasteiger partial charge in [0.05, 0.1) is 11.6 Å². The van der Waals surface area contributed by atoms with E-state index in [4.69, 9.17) is 0 Å². The number of nitrogens with one attached hydrogen (secondary N) is 1. The molecule has 0 saturated carbocycles. The fourth-order valence-corrected chi connectivity index (χ4v) is 2.85. The molecule has 3 rings (SSSR count). The highest BCUT2D eigenvalue weighted by molar-refractivity contribution is 5.86. The highest BCUT2D eigenvalue weighted by Crippen LogP contribution is 2.19. The zero-order chi connectivity index (χ0) is 15.5. The molecule has 1 amide bonds. The number of anilines is 1. The Balaban J connectivity index is 1.67. The topological polar surface area (TPSA) is 75.9 Å². The number of aryl methyl sites for hydroxylation is 2. The predicted molar refractivity (Wildman–Crippen MR) is 84.6 cm³/mol. The van der Waals surface area contributed by atoms with E-state index in [1.807, 2.05) is 18.9 Å². The number of carbonyl (C=O) groups excluding carboxylic acids is 1. The Morgan fingerprint density at radius 2 is 2.14 bits per heavy atom. The Labute approximate surface area is 129 Å². The van der Waals surface area contributed by atoms with E-state index in [2.05, 4.69) is 20.4 Å². The number of carbonyl (C=O) groups is 1. The van der Waals surface area contributed by atoms with Crippen LogP contribution >= 0.6 is 0 Å². The molecule has 1 aliphatic rings. The van der Waals surface area contributed by atoms with Gasteiger partial charge in [-0.15, -0.1) is 0 Å². The SMILES string of the molecule is Cc1nc(NCCN2CCCCCC2=O)c2cnn(C)c2n1. The normalized spacial score (nSPS) is 16.1. The molecule has 0 bridgehead atoms. The molecule has 0 aromatic carbocycles. The van der Waals surface area contributed by atoms with Crippen LogP contribution in [0.5, 0.6) is 0 Å². The number of nitrogens with zero attached hydrogens (tertiary/aromatic N) is 5. The molecule has 0 atom stereocenters. The van der Waals surface area contributed by atoms with E-state index in [1.54, 1.807) is 10.9 Å². The van der Waals surface area contributed by atoms with Crippen molar-refractivity contribution < 1.29 is 4.79 Å². The van der Waals surface area contributed by atoms with Gasteiger partial charge in [0.1, 0.15) is 11.6 Å². The number of fused-ring (bicyclic) bond motifs is 1. The summed E-state index contributed by atoms with van der Waals surface area (Å²) in [7, 11) is 1.87. The van der Waals surface area contributed by atoms with Crippen LogP contribution in [0.15, 0.2) is 6.20 Å². The van der Waals surface area contributed by atoms with Gasteiger partial charge in [-0.3, -0.25) is 9.48 Å². The maximum Gasteiger partial charge on any atom is 0.222 e. The summed E-state index contributed by atoms with van der Waals surface area (Å²) < 4.78 is 1.74. The molecule has 118 valence electrons. The number of aromatic nitrogens is 4. The number of hydrogen-bond acceptors (Lipinski definition) is 5. The predicted octanol–water partition coefficient (Wildman–Crippen LogP) is 1.49. The average Bonchev–Trinajstić information content (AvgIpc) is 2.73. The third-order valence-corrected chi connectivity index (χ3v) is 4.05. The Kier molecular flexibility index (Phi) is 4.22. The summed E-state index contributed by atoms with van der Waals surface area (Å²) in [6.45, 7) is 4.14. The van der Waals surface area contributed by atoms with Gasteiger partial charge in [0, 0.05) is 33.1 Å². The van der Waals surface area contributed by atoms with Crippen LogP contribution in [0.1, 0.15) is 31.5 Å². The van der Waals surface area contributed by atoms with Crippen LogP contribution in [0.2, 0.25) is 0 Å². The van der Waals surface area contributed by atoms with E-state index in [0.29, 0.717) is 25.3 Å². The maximum atomic E-state index is 12.0. The molecule has 1 N–H and O–H groups in total. The first-order valence-corrected chi connectivity index (χ1v) is 7.83. The number of likely N-dealkylation sites (tertiary alicyclic amines) is 1. The third-order valence-electron chi connectivity index (χ3n) is 4.05. The van der Waals surface area contributed by atoms with Gasteiger partial charge < -0.3 is 10.2 Å². The summed E-state index contributed by atoms with van der Waals surface area (Å²) in [5.74, 6) is 1.77. The lowest BCUT2D eigenvalue weighted by Crippen LogP contribution is -2.34. The second-order valence-corrected chi connectivity index (χ2v) is 5.74. The number of hydrogen-bond donors (Lipinski definition) is 1. The lowest BCUT2D eigenvalue weighted by Gasteiger charge is -2.20. The lowest BCUT2D eigenvalue weighted by molar-refractivity contribution is -0.130. The van der Waals surface area contributed by atoms with E-state index < -0.39 is 0 Å². The van der Waals surface area contributed by atoms with Crippen molar-refractivity contribution in [2.24, 2.45) is 7.05 Å². The van der Waals surface area contributed by atoms with E-state index in [1.165, 1.54) is 0 Å². The lowest BCUT2D eigenvalue weighted by atomic mass is 10.2. The summed E-state index contributed by atoms with van der Waals surface area (Å²) in [5, 5.41) is 8.47. The van der Waals surface area contributed by atoms with Crippen molar-refractivity contribution >= 4 is 22.8 Å². The summed E-state index contributed by atoms with van der Waals surface area (Å²) in [6, 6.07) is 0. The standard InChI is InChI=1S/C15H22N6O/c1-11-18-14(12-10-17-20(2)15(12)19-11)16-7-9-21-8-5-3-4-6-13(21)22/h10H,3-9H2,1-2H3,(H,16,18,19). The average molecular weight is 302 g/mol. The molecule has 22 heavy (non-hydrogen) atoms. The molecule has 7 nitrogen and oxygen atoms in total. The minimum absolute atomic E-state index is 0.268. The van der Waals surface area contributed by atoms with Crippen molar-refractivity contribution in [1.82, 2.24) is 24.6 Å². The van der Waals surface area contributed by atoms with E-state index in [9.17, 15) is 4.79 Å². The van der Waals surface area contributed by atoms with Crippen molar-refractivity contribution in [3.8, 4) is 0 Å². The van der Waals surface area contributed by atoms with Crippen molar-refractivity contribution in [3.05, 3.63) is 12.0 Å². The molecule has 0 unspecified atom stereocenters. The highest BCUT2D eigenvalue weighted by atomic mass is 16.2. The zero-order valence-electron chi connectivity index (χ0n) is 13.2. The Hall–Kier alpha value is -2.18.